The lowest BCUT2D eigenvalue weighted by Gasteiger charge is -2.11. The van der Waals surface area contributed by atoms with Crippen LogP contribution in [0.5, 0.6) is 17.2 Å². The van der Waals surface area contributed by atoms with Crippen LogP contribution < -0.4 is 14.2 Å². The van der Waals surface area contributed by atoms with E-state index in [1.165, 1.54) is 6.08 Å². The van der Waals surface area contributed by atoms with Gasteiger partial charge in [0.05, 0.1) is 13.2 Å². The molecule has 2 rings (SSSR count). The van der Waals surface area contributed by atoms with Crippen molar-refractivity contribution in [2.75, 3.05) is 13.2 Å². The van der Waals surface area contributed by atoms with Gasteiger partial charge in [0.25, 0.3) is 0 Å². The van der Waals surface area contributed by atoms with Gasteiger partial charge in [-0.25, -0.2) is 4.79 Å². The zero-order chi connectivity index (χ0) is 16.5. The average Bonchev–Trinajstić information content (AvgIpc) is 2.56. The Kier molecular flexibility index (Phi) is 6.24. The second kappa shape index (κ2) is 8.63. The molecule has 0 saturated heterocycles. The summed E-state index contributed by atoms with van der Waals surface area (Å²) in [6, 6.07) is 14.5. The summed E-state index contributed by atoms with van der Waals surface area (Å²) < 4.78 is 16.3. The Bertz CT molecular complexity index is 662. The first-order chi connectivity index (χ1) is 11.2. The minimum Gasteiger partial charge on any atom is -0.490 e. The molecule has 2 aromatic rings. The third-order valence-electron chi connectivity index (χ3n) is 2.94. The van der Waals surface area contributed by atoms with Gasteiger partial charge in [0.15, 0.2) is 11.5 Å². The van der Waals surface area contributed by atoms with Crippen LogP contribution in [0.3, 0.4) is 0 Å². The van der Waals surface area contributed by atoms with Crippen molar-refractivity contribution in [2.45, 2.75) is 13.8 Å². The number of para-hydroxylation sites is 1. The summed E-state index contributed by atoms with van der Waals surface area (Å²) in [5.41, 5.74) is 0.835. The molecule has 23 heavy (non-hydrogen) atoms. The van der Waals surface area contributed by atoms with Crippen LogP contribution in [0.15, 0.2) is 54.6 Å². The smallest absolute Gasteiger partial charge is 0.336 e. The van der Waals surface area contributed by atoms with Gasteiger partial charge >= 0.3 is 5.97 Å². The van der Waals surface area contributed by atoms with Crippen molar-refractivity contribution in [3.05, 3.63) is 60.2 Å². The lowest BCUT2D eigenvalue weighted by Crippen LogP contribution is -2.03. The number of rotatable bonds is 7. The van der Waals surface area contributed by atoms with Gasteiger partial charge in [-0.1, -0.05) is 24.3 Å². The Morgan fingerprint density at radius 3 is 2.35 bits per heavy atom. The maximum absolute atomic E-state index is 11.8. The minimum atomic E-state index is -0.428. The molecule has 0 unspecified atom stereocenters. The van der Waals surface area contributed by atoms with E-state index in [1.807, 2.05) is 50.2 Å². The number of benzene rings is 2. The van der Waals surface area contributed by atoms with Crippen LogP contribution in [0, 0.1) is 0 Å². The van der Waals surface area contributed by atoms with Crippen LogP contribution >= 0.6 is 0 Å². The van der Waals surface area contributed by atoms with Crippen LogP contribution in [0.25, 0.3) is 6.08 Å². The molecule has 0 heterocycles. The van der Waals surface area contributed by atoms with Crippen LogP contribution in [0.2, 0.25) is 0 Å². The van der Waals surface area contributed by atoms with Gasteiger partial charge in [-0.05, 0) is 49.8 Å². The predicted molar refractivity (Wildman–Crippen MR) is 89.9 cm³/mol. The number of hydrogen-bond acceptors (Lipinski definition) is 4. The summed E-state index contributed by atoms with van der Waals surface area (Å²) >= 11 is 0. The molecule has 0 bridgehead atoms. The van der Waals surface area contributed by atoms with Crippen molar-refractivity contribution in [3.63, 3.8) is 0 Å². The molecular formula is C19H20O4. The molecular weight excluding hydrogens is 292 g/mol. The highest BCUT2D eigenvalue weighted by Crippen LogP contribution is 2.29. The zero-order valence-corrected chi connectivity index (χ0v) is 13.3. The van der Waals surface area contributed by atoms with Crippen molar-refractivity contribution in [2.24, 2.45) is 0 Å². The highest BCUT2D eigenvalue weighted by atomic mass is 16.5. The summed E-state index contributed by atoms with van der Waals surface area (Å²) in [7, 11) is 0. The highest BCUT2D eigenvalue weighted by Gasteiger charge is 2.05. The molecule has 0 atom stereocenters. The van der Waals surface area contributed by atoms with E-state index in [0.717, 1.165) is 5.56 Å². The molecule has 0 aliphatic heterocycles. The molecule has 4 heteroatoms. The van der Waals surface area contributed by atoms with E-state index in [-0.39, 0.29) is 0 Å². The first-order valence-electron chi connectivity index (χ1n) is 7.57. The van der Waals surface area contributed by atoms with Gasteiger partial charge in [-0.2, -0.15) is 0 Å². The van der Waals surface area contributed by atoms with Gasteiger partial charge in [-0.15, -0.1) is 0 Å². The first kappa shape index (κ1) is 16.6. The molecule has 0 aliphatic rings. The molecule has 0 amide bonds. The van der Waals surface area contributed by atoms with Crippen molar-refractivity contribution in [1.82, 2.24) is 0 Å². The van der Waals surface area contributed by atoms with Gasteiger partial charge in [0.1, 0.15) is 5.75 Å². The van der Waals surface area contributed by atoms with Crippen LogP contribution in [-0.4, -0.2) is 19.2 Å². The second-order valence-electron chi connectivity index (χ2n) is 4.64. The molecule has 0 fully saturated rings. The van der Waals surface area contributed by atoms with E-state index in [9.17, 15) is 4.79 Å². The van der Waals surface area contributed by atoms with E-state index < -0.39 is 5.97 Å². The number of ether oxygens (including phenoxy) is 3. The van der Waals surface area contributed by atoms with Crippen LogP contribution in [0.4, 0.5) is 0 Å². The van der Waals surface area contributed by atoms with E-state index in [1.54, 1.807) is 18.2 Å². The maximum atomic E-state index is 11.8. The molecule has 4 nitrogen and oxygen atoms in total. The molecule has 0 aromatic heterocycles. The quantitative estimate of drug-likeness (QED) is 0.438. The Morgan fingerprint density at radius 2 is 1.65 bits per heavy atom. The van der Waals surface area contributed by atoms with Crippen molar-refractivity contribution >= 4 is 12.0 Å². The molecule has 0 spiro atoms. The molecule has 120 valence electrons. The fourth-order valence-corrected chi connectivity index (χ4v) is 1.97. The Hall–Kier alpha value is -2.75. The van der Waals surface area contributed by atoms with Gasteiger partial charge in [-0.3, -0.25) is 0 Å². The highest BCUT2D eigenvalue weighted by molar-refractivity contribution is 5.88. The Balaban J connectivity index is 2.06. The summed E-state index contributed by atoms with van der Waals surface area (Å²) in [6.07, 6.45) is 3.07. The van der Waals surface area contributed by atoms with E-state index >= 15 is 0 Å². The van der Waals surface area contributed by atoms with Crippen molar-refractivity contribution in [3.8, 4) is 17.2 Å². The predicted octanol–water partition coefficient (Wildman–Crippen LogP) is 4.10. The normalized spacial score (nSPS) is 10.5. The fraction of sp³-hybridized carbons (Fsp3) is 0.211. The summed E-state index contributed by atoms with van der Waals surface area (Å²) in [5, 5.41) is 0. The molecule has 0 aliphatic carbocycles. The number of esters is 1. The average molecular weight is 312 g/mol. The Morgan fingerprint density at radius 1 is 0.957 bits per heavy atom. The van der Waals surface area contributed by atoms with Crippen molar-refractivity contribution in [1.29, 1.82) is 0 Å². The third kappa shape index (κ3) is 5.18. The van der Waals surface area contributed by atoms with Crippen LogP contribution in [0.1, 0.15) is 19.4 Å². The monoisotopic (exact) mass is 312 g/mol. The van der Waals surface area contributed by atoms with Gasteiger partial charge in [0, 0.05) is 6.08 Å². The number of carbonyl (C=O) groups is 1. The summed E-state index contributed by atoms with van der Waals surface area (Å²) in [5.74, 6) is 1.44. The molecule has 0 N–H and O–H groups in total. The SMILES string of the molecule is CCOc1ccc(/C=C/C(=O)Oc2ccccc2)cc1OCC. The topological polar surface area (TPSA) is 44.8 Å². The molecule has 2 aromatic carbocycles. The fourth-order valence-electron chi connectivity index (χ4n) is 1.97. The first-order valence-corrected chi connectivity index (χ1v) is 7.57. The van der Waals surface area contributed by atoms with Crippen LogP contribution in [-0.2, 0) is 4.79 Å². The zero-order valence-electron chi connectivity index (χ0n) is 13.3. The second-order valence-corrected chi connectivity index (χ2v) is 4.64. The summed E-state index contributed by atoms with van der Waals surface area (Å²) in [6.45, 7) is 4.94. The number of carbonyl (C=O) groups excluding carboxylic acids is 1. The van der Waals surface area contributed by atoms with Crippen molar-refractivity contribution < 1.29 is 19.0 Å². The standard InChI is InChI=1S/C19H20O4/c1-3-21-17-12-10-15(14-18(17)22-4-2)11-13-19(20)23-16-8-6-5-7-9-16/h5-14H,3-4H2,1-2H3/b13-11+. The Labute approximate surface area is 136 Å². The molecule has 0 saturated carbocycles. The van der Waals surface area contributed by atoms with E-state index in [4.69, 9.17) is 14.2 Å². The summed E-state index contributed by atoms with van der Waals surface area (Å²) in [4.78, 5) is 11.8. The van der Waals surface area contributed by atoms with Gasteiger partial charge in [0.2, 0.25) is 0 Å². The number of hydrogen-bond donors (Lipinski definition) is 0. The van der Waals surface area contributed by atoms with Gasteiger partial charge < -0.3 is 14.2 Å². The third-order valence-corrected chi connectivity index (χ3v) is 2.94. The minimum absolute atomic E-state index is 0.428. The van der Waals surface area contributed by atoms with E-state index in [2.05, 4.69) is 0 Å². The van der Waals surface area contributed by atoms with E-state index in [0.29, 0.717) is 30.5 Å². The lowest BCUT2D eigenvalue weighted by molar-refractivity contribution is -0.128. The molecule has 0 radical (unpaired) electrons. The largest absolute Gasteiger partial charge is 0.490 e. The lowest BCUT2D eigenvalue weighted by atomic mass is 10.2. The maximum Gasteiger partial charge on any atom is 0.336 e.